The number of alkyl halides is 6. The molecule has 10 N–H and O–H groups in total. The summed E-state index contributed by atoms with van der Waals surface area (Å²) in [6.45, 7) is 12.9. The summed E-state index contributed by atoms with van der Waals surface area (Å²) in [7, 11) is 7.25. The number of aliphatic hydroxyl groups is 5. The van der Waals surface area contributed by atoms with E-state index in [1.807, 2.05) is 45.8 Å². The number of ketones is 2. The summed E-state index contributed by atoms with van der Waals surface area (Å²) in [6, 6.07) is 21.2. The van der Waals surface area contributed by atoms with Gasteiger partial charge in [0.1, 0.15) is 76.2 Å². The molecule has 2 saturated heterocycles. The third-order valence-corrected chi connectivity index (χ3v) is 16.1. The first-order chi connectivity index (χ1) is 52.5. The van der Waals surface area contributed by atoms with Crippen molar-refractivity contribution in [3.63, 3.8) is 0 Å². The number of carbonyl (C=O) groups is 3. The fraction of sp³-hybridized carbons (Fsp3) is 0.473. The number of nitro groups is 2. The number of Topliss-reactive ketones (excluding diaryl/α,β-unsaturated/α-hetero) is 2. The molecule has 2 aliphatic rings. The van der Waals surface area contributed by atoms with E-state index in [0.717, 1.165) is 74.0 Å². The Balaban J connectivity index is 0.00000136. The van der Waals surface area contributed by atoms with Crippen LogP contribution in [-0.4, -0.2) is 207 Å². The van der Waals surface area contributed by atoms with Crippen molar-refractivity contribution in [2.75, 3.05) is 150 Å². The summed E-state index contributed by atoms with van der Waals surface area (Å²) in [5.41, 5.74) is 12.9. The summed E-state index contributed by atoms with van der Waals surface area (Å²) < 4.78 is 83.0. The topological polar surface area (TPSA) is 418 Å². The van der Waals surface area contributed by atoms with Crippen molar-refractivity contribution < 1.29 is 101 Å². The Morgan fingerprint density at radius 1 is 0.602 bits per heavy atom. The molecule has 113 heavy (non-hydrogen) atoms. The molecule has 9 rings (SSSR count). The van der Waals surface area contributed by atoms with E-state index < -0.39 is 33.6 Å². The molecule has 9 heterocycles. The third kappa shape index (κ3) is 42.6. The van der Waals surface area contributed by atoms with E-state index in [0.29, 0.717) is 110 Å². The van der Waals surface area contributed by atoms with E-state index in [4.69, 9.17) is 53.3 Å². The monoisotopic (exact) mass is 1730 g/mol. The van der Waals surface area contributed by atoms with E-state index in [1.54, 1.807) is 67.9 Å². The van der Waals surface area contributed by atoms with Gasteiger partial charge in [-0.05, 0) is 129 Å². The molecule has 2 fully saturated rings. The number of halogens is 8. The van der Waals surface area contributed by atoms with Crippen molar-refractivity contribution in [1.82, 2.24) is 40.2 Å². The Hall–Kier alpha value is -9.00. The quantitative estimate of drug-likeness (QED) is 0.00475. The molecule has 30 nitrogen and oxygen atoms in total. The van der Waals surface area contributed by atoms with Gasteiger partial charge in [0.05, 0.1) is 54.8 Å². The predicted molar refractivity (Wildman–Crippen MR) is 421 cm³/mol. The largest absolute Gasteiger partial charge is 0.475 e. The maximum absolute atomic E-state index is 13.3. The normalized spacial score (nSPS) is 12.3. The average molecular weight is 1730 g/mol. The van der Waals surface area contributed by atoms with Gasteiger partial charge < -0.3 is 79.0 Å². The molecule has 0 aliphatic carbocycles. The number of anilines is 6. The molecule has 0 atom stereocenters. The molecular formula is C74H104Cl2F6N17O13Pd-. The molecule has 0 saturated carbocycles. The van der Waals surface area contributed by atoms with Crippen LogP contribution in [-0.2, 0) is 73.0 Å². The minimum absolute atomic E-state index is 0. The number of rotatable bonds is 26. The van der Waals surface area contributed by atoms with Crippen LogP contribution in [0.25, 0.3) is 0 Å². The number of nitrogens with one attached hydrogen (secondary N) is 1. The molecule has 0 aromatic carbocycles. The summed E-state index contributed by atoms with van der Waals surface area (Å²) in [4.78, 5) is 88.7. The van der Waals surface area contributed by atoms with Gasteiger partial charge in [-0.3, -0.25) is 34.6 Å². The van der Waals surface area contributed by atoms with Crippen LogP contribution in [0.4, 0.5) is 72.5 Å². The Morgan fingerprint density at radius 2 is 1.02 bits per heavy atom. The van der Waals surface area contributed by atoms with Gasteiger partial charge in [-0.15, -0.1) is 0 Å². The summed E-state index contributed by atoms with van der Waals surface area (Å²) in [5.74, 6) is 4.59. The number of carbonyl (C=O) groups excluding carboxylic acids is 3. The van der Waals surface area contributed by atoms with Crippen molar-refractivity contribution in [3.8, 4) is 5.88 Å². The Bertz CT molecular complexity index is 3820. The molecule has 0 spiro atoms. The van der Waals surface area contributed by atoms with Gasteiger partial charge in [0, 0.05) is 163 Å². The first-order valence-electron chi connectivity index (χ1n) is 35.0. The number of ether oxygens (including phenoxy) is 1. The molecule has 7 aromatic heterocycles. The standard InChI is InChI=1S/C24H31F3N4O2.C13H18F3N3.C10H13NO3.C8H11N3O3.C8H13N3O.C5H3ClN2O2.C3H9NO.C2H3ClO.CH3.Pd/c1-17-9-11-31(12-10-17)23-19(5-7-21(29-23)24(25,26)27)4-6-20(33)15-18-3-8-22(28-16-18)30(2)13-14-32;1-9-4-6-19(7-5-9)12-10(8-17)2-3-11(18-12)13(14,15)16;1-8(13)6-9-2-3-10(11-7-9)14-5-4-12;1-10(4-5-12)8-3-2-7(6-9-8)11(13)14;1-11(4-5-12)8-3-2-7(9)6-10-8;6-5-2-1-4(3-7-5)8(9)10;1-4-2-3-5;1-2(3)4;;/h3,5,7-8,16-17,32H,4,6,9-15H2,1-2H3;2-3,9H,4-8,17H2,1H3;2-3,7,12H,4-6H2,1H3;2-3,6,12H,4-5H2,1H3;2-3,6,12H,4-5,9H2,1H3;1-3H;4-5H,2-3H2,1H3;1H3;1H3;/q;;;;;;;;-1;. The maximum Gasteiger partial charge on any atom is 0.433 e. The molecule has 0 radical (unpaired) electrons. The van der Waals surface area contributed by atoms with Gasteiger partial charge in [-0.1, -0.05) is 49.7 Å². The molecule has 0 unspecified atom stereocenters. The molecule has 39 heteroatoms. The van der Waals surface area contributed by atoms with Crippen LogP contribution in [0.3, 0.4) is 0 Å². The molecule has 0 amide bonds. The average Bonchev–Trinajstić information content (AvgIpc) is 0.811. The Morgan fingerprint density at radius 3 is 1.36 bits per heavy atom. The molecular weight excluding hydrogens is 1630 g/mol. The van der Waals surface area contributed by atoms with Gasteiger partial charge >= 0.3 is 12.4 Å². The van der Waals surface area contributed by atoms with Crippen molar-refractivity contribution in [2.24, 2.45) is 17.6 Å². The number of hydrogen-bond donors (Lipinski definition) is 8. The number of likely N-dealkylation sites (N-methyl/N-ethyl adjacent to an activating group) is 4. The third-order valence-electron chi connectivity index (χ3n) is 15.8. The minimum atomic E-state index is -4.50. The fourth-order valence-electron chi connectivity index (χ4n) is 9.71. The van der Waals surface area contributed by atoms with E-state index in [1.165, 1.54) is 50.4 Å². The Labute approximate surface area is 678 Å². The van der Waals surface area contributed by atoms with E-state index in [9.17, 15) is 61.0 Å². The number of aryl methyl sites for hydroxylation is 1. The van der Waals surface area contributed by atoms with Crippen LogP contribution >= 0.6 is 23.2 Å². The van der Waals surface area contributed by atoms with Crippen molar-refractivity contribution in [3.05, 3.63) is 182 Å². The zero-order chi connectivity index (χ0) is 83.2. The fourth-order valence-corrected chi connectivity index (χ4v) is 9.82. The van der Waals surface area contributed by atoms with Crippen LogP contribution in [0.15, 0.2) is 116 Å². The molecule has 630 valence electrons. The second-order valence-corrected chi connectivity index (χ2v) is 25.9. The van der Waals surface area contributed by atoms with Crippen molar-refractivity contribution >= 4 is 86.2 Å². The van der Waals surface area contributed by atoms with Gasteiger partial charge in [-0.2, -0.15) is 26.3 Å². The number of hydrogen-bond acceptors (Lipinski definition) is 28. The second-order valence-electron chi connectivity index (χ2n) is 25.0. The summed E-state index contributed by atoms with van der Waals surface area (Å²) >= 11 is 10.0. The smallest absolute Gasteiger partial charge is 0.433 e. The van der Waals surface area contributed by atoms with Crippen LogP contribution in [0.1, 0.15) is 93.4 Å². The first kappa shape index (κ1) is 104. The first-order valence-corrected chi connectivity index (χ1v) is 35.7. The number of nitrogen functional groups attached to an aromatic ring is 1. The number of aliphatic hydroxyl groups excluding tert-OH is 5. The van der Waals surface area contributed by atoms with E-state index >= 15 is 0 Å². The molecule has 7 aromatic rings. The van der Waals surface area contributed by atoms with E-state index in [-0.39, 0.29) is 120 Å². The number of nitrogens with two attached hydrogens (primary N) is 2. The number of aromatic nitrogens is 7. The number of pyridine rings is 7. The maximum atomic E-state index is 13.3. The summed E-state index contributed by atoms with van der Waals surface area (Å²) in [5, 5.41) is 65.9. The number of nitrogens with zero attached hydrogens (tertiary/aromatic N) is 14. The predicted octanol–water partition coefficient (Wildman–Crippen LogP) is 9.86. The molecule has 0 bridgehead atoms. The van der Waals surface area contributed by atoms with Gasteiger partial charge in [-0.25, -0.2) is 34.9 Å². The second kappa shape index (κ2) is 56.3. The van der Waals surface area contributed by atoms with Gasteiger partial charge in [0.15, 0.2) is 0 Å². The van der Waals surface area contributed by atoms with Gasteiger partial charge in [0.25, 0.3) is 11.4 Å². The van der Waals surface area contributed by atoms with Crippen molar-refractivity contribution in [2.45, 2.75) is 98.0 Å². The van der Waals surface area contributed by atoms with E-state index in [2.05, 4.69) is 65.7 Å². The van der Waals surface area contributed by atoms with Crippen LogP contribution in [0.5, 0.6) is 5.88 Å². The van der Waals surface area contributed by atoms with Crippen molar-refractivity contribution in [1.29, 1.82) is 0 Å². The van der Waals surface area contributed by atoms with Crippen LogP contribution in [0, 0.1) is 39.5 Å². The minimum Gasteiger partial charge on any atom is -0.475 e. The Kier molecular flexibility index (Phi) is 51.8. The molecule has 2 aliphatic heterocycles. The summed E-state index contributed by atoms with van der Waals surface area (Å²) in [6.07, 6.45) is 3.18. The van der Waals surface area contributed by atoms with Crippen LogP contribution in [0.2, 0.25) is 5.15 Å². The zero-order valence-electron chi connectivity index (χ0n) is 64.6. The van der Waals surface area contributed by atoms with Gasteiger partial charge in [0.2, 0.25) is 11.1 Å². The van der Waals surface area contributed by atoms with Crippen LogP contribution < -0.4 is 46.0 Å². The zero-order valence-corrected chi connectivity index (χ0v) is 67.7. The SMILES string of the molecule is CC(=O)Cc1ccc(OCCO)nc1.CC(=O)Cl.CC1CCN(c2nc(C(F)(F)F)ccc2CCC(=O)Cc2ccc(N(C)CCO)nc2)CC1.CC1CCN(c2nc(C(F)(F)F)ccc2CN)CC1.CN(CCO)c1ccc(N)cn1.CN(CCO)c1ccc([N+](=O)[O-])cn1.CNCCO.O=[N+]([O-])c1ccc(Cl)nc1.[CH3-].[Pd]. The number of piperidine rings is 2.